The predicted molar refractivity (Wildman–Crippen MR) is 59.7 cm³/mol. The maximum atomic E-state index is 11.4. The van der Waals surface area contributed by atoms with Gasteiger partial charge in [0.05, 0.1) is 11.2 Å². The van der Waals surface area contributed by atoms with Crippen LogP contribution in [-0.4, -0.2) is 10.9 Å². The summed E-state index contributed by atoms with van der Waals surface area (Å²) < 4.78 is 0. The molecule has 1 N–H and O–H groups in total. The van der Waals surface area contributed by atoms with Crippen LogP contribution in [0.3, 0.4) is 0 Å². The third-order valence-corrected chi connectivity index (χ3v) is 3.00. The first-order valence-electron chi connectivity index (χ1n) is 4.77. The number of hydrogen-bond donors (Lipinski definition) is 1. The molecule has 0 aromatic carbocycles. The molecule has 0 unspecified atom stereocenters. The molecule has 0 radical (unpaired) electrons. The number of carbonyl (C=O) groups excluding carboxylic acids is 1. The Labute approximate surface area is 88.6 Å². The lowest BCUT2D eigenvalue weighted by Gasteiger charge is -2.03. The highest BCUT2D eigenvalue weighted by Gasteiger charge is 2.10. The predicted octanol–water partition coefficient (Wildman–Crippen LogP) is 2.86. The van der Waals surface area contributed by atoms with Crippen LogP contribution >= 0.6 is 11.3 Å². The smallest absolute Gasteiger partial charge is 0.227 e. The first-order valence-corrected chi connectivity index (χ1v) is 5.59. The normalized spacial score (nSPS) is 11.0. The standard InChI is InChI=1S/C10H16N2OS/c1-6(2)9(13)12-8-5-11-10(14-8)7(3)4/h5-7H,1-4H3,(H,12,13). The lowest BCUT2D eigenvalue weighted by Crippen LogP contribution is -2.16. The molecule has 0 atom stereocenters. The Bertz CT molecular complexity index is 318. The van der Waals surface area contributed by atoms with Crippen LogP contribution in [0.5, 0.6) is 0 Å². The molecule has 0 aliphatic rings. The number of rotatable bonds is 3. The second-order valence-electron chi connectivity index (χ2n) is 3.86. The monoisotopic (exact) mass is 212 g/mol. The molecule has 4 heteroatoms. The molecular formula is C10H16N2OS. The van der Waals surface area contributed by atoms with E-state index in [-0.39, 0.29) is 11.8 Å². The number of amides is 1. The summed E-state index contributed by atoms with van der Waals surface area (Å²) in [5.41, 5.74) is 0. The Morgan fingerprint density at radius 1 is 1.43 bits per heavy atom. The lowest BCUT2D eigenvalue weighted by atomic mass is 10.2. The summed E-state index contributed by atoms with van der Waals surface area (Å²) in [5, 5.41) is 4.73. The average molecular weight is 212 g/mol. The van der Waals surface area contributed by atoms with Gasteiger partial charge in [-0.15, -0.1) is 11.3 Å². The van der Waals surface area contributed by atoms with Gasteiger partial charge >= 0.3 is 0 Å². The minimum Gasteiger partial charge on any atom is -0.316 e. The average Bonchev–Trinajstić information content (AvgIpc) is 2.52. The number of nitrogens with one attached hydrogen (secondary N) is 1. The van der Waals surface area contributed by atoms with E-state index in [1.165, 1.54) is 0 Å². The van der Waals surface area contributed by atoms with Crippen molar-refractivity contribution in [2.45, 2.75) is 33.6 Å². The zero-order valence-electron chi connectivity index (χ0n) is 9.00. The summed E-state index contributed by atoms with van der Waals surface area (Å²) in [6, 6.07) is 0. The molecule has 1 amide bonds. The summed E-state index contributed by atoms with van der Waals surface area (Å²) in [7, 11) is 0. The topological polar surface area (TPSA) is 42.0 Å². The SMILES string of the molecule is CC(C)C(=O)Nc1cnc(C(C)C)s1. The van der Waals surface area contributed by atoms with Crippen LogP contribution in [0.4, 0.5) is 5.00 Å². The number of hydrogen-bond acceptors (Lipinski definition) is 3. The molecule has 3 nitrogen and oxygen atoms in total. The van der Waals surface area contributed by atoms with Crippen LogP contribution in [0.1, 0.15) is 38.6 Å². The minimum atomic E-state index is 0.0135. The highest BCUT2D eigenvalue weighted by atomic mass is 32.1. The van der Waals surface area contributed by atoms with E-state index in [9.17, 15) is 4.79 Å². The molecule has 0 aliphatic heterocycles. The largest absolute Gasteiger partial charge is 0.316 e. The Hall–Kier alpha value is -0.900. The van der Waals surface area contributed by atoms with Crippen molar-refractivity contribution in [1.82, 2.24) is 4.98 Å². The number of aromatic nitrogens is 1. The van der Waals surface area contributed by atoms with E-state index >= 15 is 0 Å². The van der Waals surface area contributed by atoms with Crippen molar-refractivity contribution in [3.05, 3.63) is 11.2 Å². The lowest BCUT2D eigenvalue weighted by molar-refractivity contribution is -0.118. The van der Waals surface area contributed by atoms with Crippen molar-refractivity contribution < 1.29 is 4.79 Å². The van der Waals surface area contributed by atoms with E-state index in [0.29, 0.717) is 5.92 Å². The van der Waals surface area contributed by atoms with Crippen molar-refractivity contribution in [1.29, 1.82) is 0 Å². The Morgan fingerprint density at radius 3 is 2.50 bits per heavy atom. The van der Waals surface area contributed by atoms with Gasteiger partial charge in [0.25, 0.3) is 0 Å². The Balaban J connectivity index is 2.64. The van der Waals surface area contributed by atoms with Crippen molar-refractivity contribution in [2.75, 3.05) is 5.32 Å². The zero-order chi connectivity index (χ0) is 10.7. The van der Waals surface area contributed by atoms with E-state index in [1.54, 1.807) is 17.5 Å². The van der Waals surface area contributed by atoms with E-state index < -0.39 is 0 Å². The van der Waals surface area contributed by atoms with Gasteiger partial charge in [0.15, 0.2) is 0 Å². The maximum Gasteiger partial charge on any atom is 0.227 e. The van der Waals surface area contributed by atoms with Gasteiger partial charge in [-0.3, -0.25) is 4.79 Å². The van der Waals surface area contributed by atoms with Crippen molar-refractivity contribution in [3.8, 4) is 0 Å². The van der Waals surface area contributed by atoms with Gasteiger partial charge in [-0.05, 0) is 0 Å². The van der Waals surface area contributed by atoms with Gasteiger partial charge in [-0.2, -0.15) is 0 Å². The summed E-state index contributed by atoms with van der Waals surface area (Å²) in [5.74, 6) is 0.480. The molecule has 0 spiro atoms. The zero-order valence-corrected chi connectivity index (χ0v) is 9.81. The van der Waals surface area contributed by atoms with E-state index in [2.05, 4.69) is 24.1 Å². The quantitative estimate of drug-likeness (QED) is 0.837. The molecule has 1 rings (SSSR count). The first kappa shape index (κ1) is 11.2. The highest BCUT2D eigenvalue weighted by Crippen LogP contribution is 2.25. The number of carbonyl (C=O) groups is 1. The van der Waals surface area contributed by atoms with Crippen molar-refractivity contribution in [2.24, 2.45) is 5.92 Å². The molecule has 1 aromatic rings. The molecule has 1 aromatic heterocycles. The molecule has 0 saturated carbocycles. The third-order valence-electron chi connectivity index (χ3n) is 1.79. The maximum absolute atomic E-state index is 11.4. The molecular weight excluding hydrogens is 196 g/mol. The third kappa shape index (κ3) is 2.80. The van der Waals surface area contributed by atoms with Gasteiger partial charge in [-0.1, -0.05) is 27.7 Å². The highest BCUT2D eigenvalue weighted by molar-refractivity contribution is 7.15. The van der Waals surface area contributed by atoms with Crippen LogP contribution in [0.2, 0.25) is 0 Å². The van der Waals surface area contributed by atoms with Gasteiger partial charge in [0.2, 0.25) is 5.91 Å². The van der Waals surface area contributed by atoms with Crippen molar-refractivity contribution >= 4 is 22.2 Å². The van der Waals surface area contributed by atoms with Crippen LogP contribution in [0, 0.1) is 5.92 Å². The summed E-state index contributed by atoms with van der Waals surface area (Å²) in [6.45, 7) is 7.93. The molecule has 0 saturated heterocycles. The van der Waals surface area contributed by atoms with Crippen LogP contribution in [-0.2, 0) is 4.79 Å². The number of thiazole rings is 1. The van der Waals surface area contributed by atoms with E-state index in [4.69, 9.17) is 0 Å². The van der Waals surface area contributed by atoms with Crippen LogP contribution in [0.25, 0.3) is 0 Å². The van der Waals surface area contributed by atoms with Crippen molar-refractivity contribution in [3.63, 3.8) is 0 Å². The Morgan fingerprint density at radius 2 is 2.07 bits per heavy atom. The number of anilines is 1. The van der Waals surface area contributed by atoms with Crippen LogP contribution < -0.4 is 5.32 Å². The van der Waals surface area contributed by atoms with E-state index in [0.717, 1.165) is 10.0 Å². The fourth-order valence-electron chi connectivity index (χ4n) is 0.878. The molecule has 0 aliphatic carbocycles. The Kier molecular flexibility index (Phi) is 3.63. The second kappa shape index (κ2) is 4.55. The second-order valence-corrected chi connectivity index (χ2v) is 4.92. The summed E-state index contributed by atoms with van der Waals surface area (Å²) >= 11 is 1.54. The van der Waals surface area contributed by atoms with Gasteiger partial charge < -0.3 is 5.32 Å². The van der Waals surface area contributed by atoms with Gasteiger partial charge in [0, 0.05) is 11.8 Å². The fourth-order valence-corrected chi connectivity index (χ4v) is 1.70. The summed E-state index contributed by atoms with van der Waals surface area (Å²) in [4.78, 5) is 15.6. The number of nitrogens with zero attached hydrogens (tertiary/aromatic N) is 1. The summed E-state index contributed by atoms with van der Waals surface area (Å²) in [6.07, 6.45) is 1.72. The molecule has 14 heavy (non-hydrogen) atoms. The van der Waals surface area contributed by atoms with Crippen LogP contribution in [0.15, 0.2) is 6.20 Å². The molecule has 0 bridgehead atoms. The molecule has 78 valence electrons. The van der Waals surface area contributed by atoms with E-state index in [1.807, 2.05) is 13.8 Å². The van der Waals surface area contributed by atoms with Gasteiger partial charge in [0.1, 0.15) is 5.00 Å². The molecule has 0 fully saturated rings. The molecule has 1 heterocycles. The first-order chi connectivity index (χ1) is 6.50. The van der Waals surface area contributed by atoms with Gasteiger partial charge in [-0.25, -0.2) is 4.98 Å². The minimum absolute atomic E-state index is 0.0135. The fraction of sp³-hybridized carbons (Fsp3) is 0.600.